The summed E-state index contributed by atoms with van der Waals surface area (Å²) in [6, 6.07) is 4.40. The van der Waals surface area contributed by atoms with E-state index in [4.69, 9.17) is 5.73 Å². The van der Waals surface area contributed by atoms with Gasteiger partial charge in [-0.15, -0.1) is 0 Å². The zero-order valence-corrected chi connectivity index (χ0v) is 11.8. The van der Waals surface area contributed by atoms with E-state index in [-0.39, 0.29) is 5.82 Å². The van der Waals surface area contributed by atoms with Crippen LogP contribution in [-0.2, 0) is 6.42 Å². The summed E-state index contributed by atoms with van der Waals surface area (Å²) in [7, 11) is 0. The fraction of sp³-hybridized carbons (Fsp3) is 0.231. The fourth-order valence-corrected chi connectivity index (χ4v) is 2.37. The first-order valence-electron chi connectivity index (χ1n) is 5.61. The summed E-state index contributed by atoms with van der Waals surface area (Å²) in [5, 5.41) is 0. The van der Waals surface area contributed by atoms with E-state index < -0.39 is 0 Å². The SMILES string of the molecule is CCc1c(C)nc(-c2ccc(F)cc2Br)nc1N. The molecule has 0 aliphatic rings. The van der Waals surface area contributed by atoms with Gasteiger partial charge in [-0.1, -0.05) is 6.92 Å². The highest BCUT2D eigenvalue weighted by Gasteiger charge is 2.12. The molecule has 2 aromatic rings. The Morgan fingerprint density at radius 2 is 2.06 bits per heavy atom. The van der Waals surface area contributed by atoms with E-state index in [0.29, 0.717) is 16.1 Å². The molecule has 5 heteroatoms. The van der Waals surface area contributed by atoms with Gasteiger partial charge in [0.1, 0.15) is 11.6 Å². The number of nitrogen functional groups attached to an aromatic ring is 1. The molecule has 0 fully saturated rings. The van der Waals surface area contributed by atoms with Gasteiger partial charge in [0.15, 0.2) is 5.82 Å². The minimum absolute atomic E-state index is 0.305. The average molecular weight is 310 g/mol. The molecular weight excluding hydrogens is 297 g/mol. The third-order valence-electron chi connectivity index (χ3n) is 2.77. The zero-order valence-electron chi connectivity index (χ0n) is 10.2. The Morgan fingerprint density at radius 1 is 1.33 bits per heavy atom. The number of aromatic nitrogens is 2. The predicted octanol–water partition coefficient (Wildman–Crippen LogP) is 3.50. The van der Waals surface area contributed by atoms with Crippen LogP contribution >= 0.6 is 15.9 Å². The van der Waals surface area contributed by atoms with E-state index in [0.717, 1.165) is 23.2 Å². The molecule has 0 aliphatic carbocycles. The van der Waals surface area contributed by atoms with Crippen LogP contribution in [0.15, 0.2) is 22.7 Å². The van der Waals surface area contributed by atoms with Crippen molar-refractivity contribution < 1.29 is 4.39 Å². The molecule has 2 N–H and O–H groups in total. The Balaban J connectivity index is 2.58. The van der Waals surface area contributed by atoms with Crippen LogP contribution in [0.3, 0.4) is 0 Å². The van der Waals surface area contributed by atoms with Crippen molar-refractivity contribution in [2.75, 3.05) is 5.73 Å². The van der Waals surface area contributed by atoms with Crippen LogP contribution in [-0.4, -0.2) is 9.97 Å². The lowest BCUT2D eigenvalue weighted by Crippen LogP contribution is -2.04. The van der Waals surface area contributed by atoms with Crippen molar-refractivity contribution in [3.8, 4) is 11.4 Å². The predicted molar refractivity (Wildman–Crippen MR) is 73.7 cm³/mol. The van der Waals surface area contributed by atoms with Crippen molar-refractivity contribution in [3.05, 3.63) is 39.7 Å². The Bertz CT molecular complexity index is 576. The van der Waals surface area contributed by atoms with E-state index in [1.165, 1.54) is 12.1 Å². The average Bonchev–Trinajstić information content (AvgIpc) is 2.28. The van der Waals surface area contributed by atoms with Gasteiger partial charge in [-0.3, -0.25) is 0 Å². The number of aryl methyl sites for hydroxylation is 1. The second kappa shape index (κ2) is 5.02. The summed E-state index contributed by atoms with van der Waals surface area (Å²) in [5.74, 6) is 0.686. The Morgan fingerprint density at radius 3 is 2.61 bits per heavy atom. The van der Waals surface area contributed by atoms with Gasteiger partial charge in [-0.25, -0.2) is 14.4 Å². The van der Waals surface area contributed by atoms with Gasteiger partial charge in [0, 0.05) is 21.3 Å². The van der Waals surface area contributed by atoms with Crippen LogP contribution < -0.4 is 5.73 Å². The molecular formula is C13H13BrFN3. The van der Waals surface area contributed by atoms with Crippen LogP contribution in [0.1, 0.15) is 18.2 Å². The number of nitrogens with two attached hydrogens (primary N) is 1. The van der Waals surface area contributed by atoms with E-state index in [1.54, 1.807) is 6.07 Å². The van der Waals surface area contributed by atoms with Gasteiger partial charge >= 0.3 is 0 Å². The fourth-order valence-electron chi connectivity index (χ4n) is 1.85. The second-order valence-electron chi connectivity index (χ2n) is 3.97. The maximum atomic E-state index is 13.0. The van der Waals surface area contributed by atoms with Crippen LogP contribution in [0.5, 0.6) is 0 Å². The molecule has 1 aromatic heterocycles. The third-order valence-corrected chi connectivity index (χ3v) is 3.43. The zero-order chi connectivity index (χ0) is 13.3. The number of anilines is 1. The topological polar surface area (TPSA) is 51.8 Å². The minimum atomic E-state index is -0.305. The molecule has 2 rings (SSSR count). The summed E-state index contributed by atoms with van der Waals surface area (Å²) in [4.78, 5) is 8.70. The first kappa shape index (κ1) is 13.0. The van der Waals surface area contributed by atoms with Crippen molar-refractivity contribution in [1.82, 2.24) is 9.97 Å². The van der Waals surface area contributed by atoms with Gasteiger partial charge in [0.2, 0.25) is 0 Å². The lowest BCUT2D eigenvalue weighted by Gasteiger charge is -2.09. The molecule has 0 atom stereocenters. The number of rotatable bonds is 2. The van der Waals surface area contributed by atoms with Crippen molar-refractivity contribution in [2.24, 2.45) is 0 Å². The van der Waals surface area contributed by atoms with Gasteiger partial charge in [-0.2, -0.15) is 0 Å². The number of benzene rings is 1. The molecule has 1 heterocycles. The van der Waals surface area contributed by atoms with Crippen LogP contribution in [0, 0.1) is 12.7 Å². The van der Waals surface area contributed by atoms with Crippen LogP contribution in [0.25, 0.3) is 11.4 Å². The number of nitrogens with zero attached hydrogens (tertiary/aromatic N) is 2. The standard InChI is InChI=1S/C13H13BrFN3/c1-3-9-7(2)17-13(18-12(9)16)10-5-4-8(15)6-11(10)14/h4-6H,3H2,1-2H3,(H2,16,17,18). The van der Waals surface area contributed by atoms with Crippen molar-refractivity contribution in [1.29, 1.82) is 0 Å². The van der Waals surface area contributed by atoms with Gasteiger partial charge in [0.05, 0.1) is 0 Å². The molecule has 0 bridgehead atoms. The molecule has 1 aromatic carbocycles. The number of halogens is 2. The Hall–Kier alpha value is -1.49. The molecule has 0 saturated carbocycles. The lowest BCUT2D eigenvalue weighted by atomic mass is 10.1. The van der Waals surface area contributed by atoms with E-state index in [1.807, 2.05) is 13.8 Å². The Labute approximate surface area is 113 Å². The first-order chi connectivity index (χ1) is 8.52. The third kappa shape index (κ3) is 2.36. The monoisotopic (exact) mass is 309 g/mol. The normalized spacial score (nSPS) is 10.7. The summed E-state index contributed by atoms with van der Waals surface area (Å²) in [5.41, 5.74) is 8.45. The van der Waals surface area contributed by atoms with Crippen LogP contribution in [0.2, 0.25) is 0 Å². The summed E-state index contributed by atoms with van der Waals surface area (Å²) < 4.78 is 13.7. The first-order valence-corrected chi connectivity index (χ1v) is 6.40. The van der Waals surface area contributed by atoms with Crippen molar-refractivity contribution in [3.63, 3.8) is 0 Å². The molecule has 0 aliphatic heterocycles. The van der Waals surface area contributed by atoms with Crippen LogP contribution in [0.4, 0.5) is 10.2 Å². The Kier molecular flexibility index (Phi) is 3.61. The quantitative estimate of drug-likeness (QED) is 0.923. The van der Waals surface area contributed by atoms with Gasteiger partial charge in [0.25, 0.3) is 0 Å². The van der Waals surface area contributed by atoms with Crippen molar-refractivity contribution in [2.45, 2.75) is 20.3 Å². The largest absolute Gasteiger partial charge is 0.383 e. The molecule has 0 spiro atoms. The minimum Gasteiger partial charge on any atom is -0.383 e. The van der Waals surface area contributed by atoms with Gasteiger partial charge < -0.3 is 5.73 Å². The molecule has 0 radical (unpaired) electrons. The molecule has 94 valence electrons. The molecule has 3 nitrogen and oxygen atoms in total. The van der Waals surface area contributed by atoms with Crippen molar-refractivity contribution >= 4 is 21.7 Å². The van der Waals surface area contributed by atoms with E-state index in [9.17, 15) is 4.39 Å². The molecule has 18 heavy (non-hydrogen) atoms. The molecule has 0 amide bonds. The molecule has 0 saturated heterocycles. The summed E-state index contributed by atoms with van der Waals surface area (Å²) in [6.07, 6.45) is 0.794. The lowest BCUT2D eigenvalue weighted by molar-refractivity contribution is 0.627. The number of hydrogen-bond donors (Lipinski definition) is 1. The van der Waals surface area contributed by atoms with E-state index >= 15 is 0 Å². The molecule has 0 unspecified atom stereocenters. The highest BCUT2D eigenvalue weighted by atomic mass is 79.9. The maximum absolute atomic E-state index is 13.0. The maximum Gasteiger partial charge on any atom is 0.162 e. The summed E-state index contributed by atoms with van der Waals surface area (Å²) >= 11 is 3.31. The van der Waals surface area contributed by atoms with Gasteiger partial charge in [-0.05, 0) is 47.5 Å². The summed E-state index contributed by atoms with van der Waals surface area (Å²) in [6.45, 7) is 3.91. The number of hydrogen-bond acceptors (Lipinski definition) is 3. The highest BCUT2D eigenvalue weighted by Crippen LogP contribution is 2.28. The highest BCUT2D eigenvalue weighted by molar-refractivity contribution is 9.10. The van der Waals surface area contributed by atoms with E-state index in [2.05, 4.69) is 25.9 Å². The second-order valence-corrected chi connectivity index (χ2v) is 4.83. The smallest absolute Gasteiger partial charge is 0.162 e.